The average molecular weight is 353 g/mol. The molecule has 0 radical (unpaired) electrons. The largest absolute Gasteiger partial charge is 0.496 e. The number of ether oxygens (including phenoxy) is 1. The third-order valence-corrected chi connectivity index (χ3v) is 5.29. The number of aliphatic imine (C=N–C) groups is 1. The fourth-order valence-electron chi connectivity index (χ4n) is 3.68. The van der Waals surface area contributed by atoms with Crippen molar-refractivity contribution < 1.29 is 9.26 Å². The number of anilines is 1. The smallest absolute Gasteiger partial charge is 0.141 e. The molecule has 0 saturated heterocycles. The second-order valence-corrected chi connectivity index (χ2v) is 6.99. The topological polar surface area (TPSA) is 78.7 Å². The Morgan fingerprint density at radius 2 is 2.00 bits per heavy atom. The predicted molar refractivity (Wildman–Crippen MR) is 103 cm³/mol. The minimum Gasteiger partial charge on any atom is -0.496 e. The molecule has 2 aromatic heterocycles. The molecule has 0 aliphatic carbocycles. The standard InChI is InChI=1S/C19H23N5O2/c1-10-16(11(2)26-23-10)13-7-14-12(8-15(13)25-6)17-18(22-14)20-9-21-19(17,3)24(4)5/h7-9,22H,1-6H3,(H,20,21). The summed E-state index contributed by atoms with van der Waals surface area (Å²) in [5, 5.41) is 8.39. The van der Waals surface area contributed by atoms with Gasteiger partial charge in [-0.1, -0.05) is 5.16 Å². The van der Waals surface area contributed by atoms with Gasteiger partial charge in [0.25, 0.3) is 0 Å². The first kappa shape index (κ1) is 16.7. The summed E-state index contributed by atoms with van der Waals surface area (Å²) in [5.41, 5.74) is 4.42. The zero-order valence-electron chi connectivity index (χ0n) is 15.9. The molecule has 4 rings (SSSR count). The van der Waals surface area contributed by atoms with Crippen molar-refractivity contribution in [3.05, 3.63) is 29.2 Å². The lowest BCUT2D eigenvalue weighted by Gasteiger charge is -2.35. The maximum absolute atomic E-state index is 5.72. The monoisotopic (exact) mass is 353 g/mol. The van der Waals surface area contributed by atoms with Crippen molar-refractivity contribution in [2.45, 2.75) is 26.4 Å². The molecule has 2 N–H and O–H groups in total. The van der Waals surface area contributed by atoms with E-state index in [2.05, 4.69) is 44.4 Å². The Hall–Kier alpha value is -2.80. The SMILES string of the molecule is COc1cc2c3c([nH]c2cc1-c1c(C)noc1C)NC=NC3(C)N(C)C. The first-order valence-electron chi connectivity index (χ1n) is 8.52. The second kappa shape index (κ2) is 5.60. The molecule has 3 heterocycles. The molecule has 136 valence electrons. The molecular weight excluding hydrogens is 330 g/mol. The lowest BCUT2D eigenvalue weighted by atomic mass is 9.95. The van der Waals surface area contributed by atoms with E-state index in [1.165, 1.54) is 0 Å². The normalized spacial score (nSPS) is 19.0. The van der Waals surface area contributed by atoms with Crippen molar-refractivity contribution >= 4 is 23.1 Å². The van der Waals surface area contributed by atoms with Gasteiger partial charge < -0.3 is 19.6 Å². The summed E-state index contributed by atoms with van der Waals surface area (Å²) in [6.07, 6.45) is 1.74. The molecular formula is C19H23N5O2. The number of aryl methyl sites for hydroxylation is 2. The molecule has 7 nitrogen and oxygen atoms in total. The molecule has 7 heteroatoms. The van der Waals surface area contributed by atoms with Gasteiger partial charge in [-0.15, -0.1) is 0 Å². The summed E-state index contributed by atoms with van der Waals surface area (Å²) in [6.45, 7) is 5.95. The third kappa shape index (κ3) is 2.17. The minimum atomic E-state index is -0.464. The van der Waals surface area contributed by atoms with Gasteiger partial charge in [0.1, 0.15) is 23.0 Å². The van der Waals surface area contributed by atoms with Gasteiger partial charge in [0, 0.05) is 22.0 Å². The molecule has 0 fully saturated rings. The van der Waals surface area contributed by atoms with Crippen LogP contribution in [0.2, 0.25) is 0 Å². The number of hydrogen-bond acceptors (Lipinski definition) is 6. The van der Waals surface area contributed by atoms with Gasteiger partial charge in [0.15, 0.2) is 0 Å². The van der Waals surface area contributed by atoms with E-state index in [-0.39, 0.29) is 0 Å². The Morgan fingerprint density at radius 3 is 2.62 bits per heavy atom. The van der Waals surface area contributed by atoms with Crippen LogP contribution in [0.25, 0.3) is 22.0 Å². The van der Waals surface area contributed by atoms with E-state index in [0.717, 1.165) is 50.6 Å². The third-order valence-electron chi connectivity index (χ3n) is 5.29. The number of rotatable bonds is 3. The van der Waals surface area contributed by atoms with Crippen LogP contribution >= 0.6 is 0 Å². The Labute approximate surface area is 152 Å². The van der Waals surface area contributed by atoms with E-state index in [4.69, 9.17) is 9.26 Å². The molecule has 3 aromatic rings. The first-order valence-corrected chi connectivity index (χ1v) is 8.52. The molecule has 1 aromatic carbocycles. The Morgan fingerprint density at radius 1 is 1.23 bits per heavy atom. The molecule has 1 aliphatic heterocycles. The van der Waals surface area contributed by atoms with Gasteiger partial charge in [-0.3, -0.25) is 4.90 Å². The summed E-state index contributed by atoms with van der Waals surface area (Å²) >= 11 is 0. The van der Waals surface area contributed by atoms with Crippen molar-refractivity contribution in [1.29, 1.82) is 0 Å². The number of hydrogen-bond donors (Lipinski definition) is 2. The van der Waals surface area contributed by atoms with Crippen LogP contribution in [0.4, 0.5) is 5.82 Å². The second-order valence-electron chi connectivity index (χ2n) is 6.99. The zero-order valence-corrected chi connectivity index (χ0v) is 15.9. The van der Waals surface area contributed by atoms with Gasteiger partial charge in [0.2, 0.25) is 0 Å². The lowest BCUT2D eigenvalue weighted by Crippen LogP contribution is -2.39. The average Bonchev–Trinajstić information content (AvgIpc) is 3.13. The molecule has 0 spiro atoms. The van der Waals surface area contributed by atoms with Crippen molar-refractivity contribution in [1.82, 2.24) is 15.0 Å². The maximum atomic E-state index is 5.72. The molecule has 26 heavy (non-hydrogen) atoms. The van der Waals surface area contributed by atoms with Crippen LogP contribution in [0.3, 0.4) is 0 Å². The van der Waals surface area contributed by atoms with Crippen molar-refractivity contribution in [3.63, 3.8) is 0 Å². The van der Waals surface area contributed by atoms with Crippen LogP contribution in [0.1, 0.15) is 23.9 Å². The number of aromatic nitrogens is 2. The van der Waals surface area contributed by atoms with Crippen molar-refractivity contribution in [2.75, 3.05) is 26.5 Å². The fraction of sp³-hybridized carbons (Fsp3) is 0.368. The predicted octanol–water partition coefficient (Wildman–Crippen LogP) is 3.64. The summed E-state index contributed by atoms with van der Waals surface area (Å²) in [6, 6.07) is 4.16. The van der Waals surface area contributed by atoms with E-state index in [1.807, 2.05) is 27.9 Å². The van der Waals surface area contributed by atoms with Gasteiger partial charge in [-0.05, 0) is 47.0 Å². The number of H-pyrrole nitrogens is 1. The van der Waals surface area contributed by atoms with Crippen LogP contribution in [-0.4, -0.2) is 42.6 Å². The van der Waals surface area contributed by atoms with Crippen LogP contribution < -0.4 is 10.1 Å². The number of fused-ring (bicyclic) bond motifs is 3. The van der Waals surface area contributed by atoms with Gasteiger partial charge in [-0.2, -0.15) is 0 Å². The van der Waals surface area contributed by atoms with Gasteiger partial charge in [0.05, 0.1) is 24.7 Å². The highest BCUT2D eigenvalue weighted by Gasteiger charge is 2.36. The van der Waals surface area contributed by atoms with E-state index in [1.54, 1.807) is 13.4 Å². The number of methoxy groups -OCH3 is 1. The van der Waals surface area contributed by atoms with Crippen LogP contribution in [0, 0.1) is 13.8 Å². The zero-order chi connectivity index (χ0) is 18.6. The molecule has 1 atom stereocenters. The molecule has 0 bridgehead atoms. The number of benzene rings is 1. The van der Waals surface area contributed by atoms with E-state index < -0.39 is 5.66 Å². The molecule has 0 amide bonds. The van der Waals surface area contributed by atoms with E-state index in [0.29, 0.717) is 0 Å². The molecule has 1 unspecified atom stereocenters. The Bertz CT molecular complexity index is 1010. The maximum Gasteiger partial charge on any atom is 0.141 e. The van der Waals surface area contributed by atoms with E-state index >= 15 is 0 Å². The summed E-state index contributed by atoms with van der Waals surface area (Å²) < 4.78 is 11.1. The van der Waals surface area contributed by atoms with Crippen LogP contribution in [0.15, 0.2) is 21.6 Å². The highest BCUT2D eigenvalue weighted by Crippen LogP contribution is 2.45. The van der Waals surface area contributed by atoms with Gasteiger partial charge in [-0.25, -0.2) is 4.99 Å². The van der Waals surface area contributed by atoms with Crippen molar-refractivity contribution in [3.8, 4) is 16.9 Å². The number of aromatic amines is 1. The Kier molecular flexibility index (Phi) is 3.59. The lowest BCUT2D eigenvalue weighted by molar-refractivity contribution is 0.187. The van der Waals surface area contributed by atoms with Crippen LogP contribution in [0.5, 0.6) is 5.75 Å². The summed E-state index contributed by atoms with van der Waals surface area (Å²) in [5.74, 6) is 2.50. The Balaban J connectivity index is 2.02. The fourth-order valence-corrected chi connectivity index (χ4v) is 3.68. The molecule has 1 aliphatic rings. The summed E-state index contributed by atoms with van der Waals surface area (Å²) in [7, 11) is 5.74. The number of nitrogens with one attached hydrogen (secondary N) is 2. The highest BCUT2D eigenvalue weighted by molar-refractivity contribution is 5.98. The quantitative estimate of drug-likeness (QED) is 0.752. The van der Waals surface area contributed by atoms with Gasteiger partial charge >= 0.3 is 0 Å². The van der Waals surface area contributed by atoms with E-state index in [9.17, 15) is 0 Å². The van der Waals surface area contributed by atoms with Crippen LogP contribution in [-0.2, 0) is 5.66 Å². The first-order chi connectivity index (χ1) is 12.4. The van der Waals surface area contributed by atoms with Crippen molar-refractivity contribution in [2.24, 2.45) is 4.99 Å². The minimum absolute atomic E-state index is 0.464. The molecule has 0 saturated carbocycles. The highest BCUT2D eigenvalue weighted by atomic mass is 16.5. The summed E-state index contributed by atoms with van der Waals surface area (Å²) in [4.78, 5) is 10.3. The number of nitrogens with zero attached hydrogens (tertiary/aromatic N) is 3.